The maximum atomic E-state index is 12.8. The Hall–Kier alpha value is -3.64. The van der Waals surface area contributed by atoms with Crippen LogP contribution in [0.5, 0.6) is 0 Å². The first-order valence-electron chi connectivity index (χ1n) is 10.9. The van der Waals surface area contributed by atoms with Gasteiger partial charge in [0.1, 0.15) is 28.2 Å². The largest absolute Gasteiger partial charge is 0.388 e. The number of benzene rings is 1. The summed E-state index contributed by atoms with van der Waals surface area (Å²) in [5.41, 5.74) is 7.13. The fourth-order valence-electron chi connectivity index (χ4n) is 3.93. The Morgan fingerprint density at radius 2 is 1.80 bits per heavy atom. The van der Waals surface area contributed by atoms with Crippen molar-refractivity contribution in [2.75, 3.05) is 31.6 Å². The second kappa shape index (κ2) is 11.2. The maximum absolute atomic E-state index is 12.8. The summed E-state index contributed by atoms with van der Waals surface area (Å²) >= 11 is 1.02. The number of likely N-dealkylation sites (N-methyl/N-ethyl adjacent to an activating group) is 1. The Labute approximate surface area is 207 Å². The molecule has 1 aliphatic rings. The molecule has 2 heterocycles. The van der Waals surface area contributed by atoms with Gasteiger partial charge in [0.05, 0.1) is 29.9 Å². The van der Waals surface area contributed by atoms with E-state index in [2.05, 4.69) is 17.1 Å². The first-order chi connectivity index (χ1) is 16.7. The molecule has 0 bridgehead atoms. The van der Waals surface area contributed by atoms with E-state index in [9.17, 15) is 30.3 Å². The van der Waals surface area contributed by atoms with Crippen LogP contribution in [0.25, 0.3) is 0 Å². The van der Waals surface area contributed by atoms with E-state index < -0.39 is 23.4 Å². The van der Waals surface area contributed by atoms with E-state index >= 15 is 0 Å². The lowest BCUT2D eigenvalue weighted by atomic mass is 10.0. The maximum Gasteiger partial charge on any atom is 0.242 e. The van der Waals surface area contributed by atoms with E-state index in [1.165, 1.54) is 9.80 Å². The van der Waals surface area contributed by atoms with Gasteiger partial charge in [-0.05, 0) is 17.5 Å². The Kier molecular flexibility index (Phi) is 8.30. The van der Waals surface area contributed by atoms with Crippen molar-refractivity contribution in [2.45, 2.75) is 35.8 Å². The minimum atomic E-state index is -1.01. The van der Waals surface area contributed by atoms with Crippen molar-refractivity contribution in [3.63, 3.8) is 0 Å². The summed E-state index contributed by atoms with van der Waals surface area (Å²) in [6.07, 6.45) is -1.66. The van der Waals surface area contributed by atoms with Gasteiger partial charge in [-0.1, -0.05) is 49.0 Å². The number of pyridine rings is 1. The van der Waals surface area contributed by atoms with E-state index in [-0.39, 0.29) is 47.5 Å². The summed E-state index contributed by atoms with van der Waals surface area (Å²) in [6.45, 7) is 1.66. The molecule has 1 aromatic carbocycles. The molecule has 0 aliphatic carbocycles. The molecule has 10 nitrogen and oxygen atoms in total. The molecular weight excluding hydrogens is 468 g/mol. The number of hydrogen-bond donors (Lipinski definition) is 3. The number of carbonyl (C=O) groups is 2. The molecule has 11 heteroatoms. The van der Waals surface area contributed by atoms with E-state index in [4.69, 9.17) is 5.73 Å². The molecule has 3 unspecified atom stereocenters. The molecule has 1 fully saturated rings. The second-order valence-corrected chi connectivity index (χ2v) is 9.24. The Bertz CT molecular complexity index is 1180. The molecule has 3 atom stereocenters. The number of rotatable bonds is 8. The van der Waals surface area contributed by atoms with Crippen molar-refractivity contribution in [1.29, 1.82) is 10.5 Å². The monoisotopic (exact) mass is 494 g/mol. The highest BCUT2D eigenvalue weighted by Gasteiger charge is 2.33. The van der Waals surface area contributed by atoms with Crippen LogP contribution in [0.3, 0.4) is 0 Å². The summed E-state index contributed by atoms with van der Waals surface area (Å²) in [5.74, 6) is -0.772. The van der Waals surface area contributed by atoms with E-state index in [1.807, 2.05) is 6.07 Å². The van der Waals surface area contributed by atoms with Crippen LogP contribution in [-0.2, 0) is 16.0 Å². The Balaban J connectivity index is 2.01. The molecule has 0 saturated carbocycles. The number of aliphatic hydroxyl groups excluding tert-OH is 2. The first-order valence-corrected chi connectivity index (χ1v) is 11.8. The lowest BCUT2D eigenvalue weighted by Gasteiger charge is -2.25. The number of nitrogens with zero attached hydrogens (tertiary/aromatic N) is 5. The van der Waals surface area contributed by atoms with E-state index in [0.717, 1.165) is 11.8 Å². The lowest BCUT2D eigenvalue weighted by Crippen LogP contribution is -2.39. The summed E-state index contributed by atoms with van der Waals surface area (Å²) in [4.78, 5) is 32.4. The minimum Gasteiger partial charge on any atom is -0.388 e. The number of β-amino-alcohol motifs (C(OH)–C–C–N with tert-alkyl or cyclic N) is 2. The van der Waals surface area contributed by atoms with Gasteiger partial charge in [-0.3, -0.25) is 9.59 Å². The number of hydrogen-bond acceptors (Lipinski definition) is 9. The summed E-state index contributed by atoms with van der Waals surface area (Å²) in [6, 6.07) is 13.1. The second-order valence-electron chi connectivity index (χ2n) is 8.15. The van der Waals surface area contributed by atoms with E-state index in [1.54, 1.807) is 38.2 Å². The summed E-state index contributed by atoms with van der Waals surface area (Å²) in [5, 5.41) is 38.7. The molecule has 4 N–H and O–H groups in total. The number of aliphatic hydroxyl groups is 2. The van der Waals surface area contributed by atoms with Gasteiger partial charge in [-0.25, -0.2) is 4.98 Å². The number of amides is 2. The highest BCUT2D eigenvalue weighted by Crippen LogP contribution is 2.39. The standard InChI is InChI=1S/C24H26N6O4S/c1-3-15-16(9-25)23(29(2)13-20(33)30-11-18(31)19(32)12-30)28-24(17(15)10-26)35-21(22(27)34)14-7-5-4-6-8-14/h4-8,18-19,21,31-32H,3,11-13H2,1-2H3,(H2,27,34). The molecule has 3 rings (SSSR count). The molecular formula is C24H26N6O4S. The molecule has 1 aromatic heterocycles. The third kappa shape index (κ3) is 5.54. The van der Waals surface area contributed by atoms with Crippen LogP contribution in [0, 0.1) is 22.7 Å². The molecule has 1 saturated heterocycles. The van der Waals surface area contributed by atoms with Gasteiger partial charge in [0.2, 0.25) is 11.8 Å². The van der Waals surface area contributed by atoms with Crippen molar-refractivity contribution in [2.24, 2.45) is 5.73 Å². The highest BCUT2D eigenvalue weighted by molar-refractivity contribution is 8.00. The number of likely N-dealkylation sites (tertiary alicyclic amines) is 1. The average Bonchev–Trinajstić information content (AvgIpc) is 3.19. The lowest BCUT2D eigenvalue weighted by molar-refractivity contribution is -0.129. The smallest absolute Gasteiger partial charge is 0.242 e. The van der Waals surface area contributed by atoms with Crippen LogP contribution < -0.4 is 10.6 Å². The normalized spacial score (nSPS) is 17.9. The van der Waals surface area contributed by atoms with E-state index in [0.29, 0.717) is 17.5 Å². The number of thioether (sulfide) groups is 1. The number of nitrogens with two attached hydrogens (primary N) is 1. The number of primary amides is 1. The van der Waals surface area contributed by atoms with Crippen LogP contribution in [0.1, 0.15) is 34.4 Å². The molecule has 2 amide bonds. The highest BCUT2D eigenvalue weighted by atomic mass is 32.2. The van der Waals surface area contributed by atoms with Crippen molar-refractivity contribution in [3.05, 3.63) is 52.6 Å². The molecule has 0 radical (unpaired) electrons. The predicted molar refractivity (Wildman–Crippen MR) is 129 cm³/mol. The van der Waals surface area contributed by atoms with Crippen LogP contribution in [0.2, 0.25) is 0 Å². The number of carbonyl (C=O) groups excluding carboxylic acids is 2. The van der Waals surface area contributed by atoms with Gasteiger partial charge in [-0.2, -0.15) is 10.5 Å². The predicted octanol–water partition coefficient (Wildman–Crippen LogP) is 0.706. The number of anilines is 1. The van der Waals surface area contributed by atoms with Gasteiger partial charge in [0.15, 0.2) is 0 Å². The van der Waals surface area contributed by atoms with Crippen LogP contribution in [0.15, 0.2) is 35.4 Å². The van der Waals surface area contributed by atoms with Crippen molar-refractivity contribution in [1.82, 2.24) is 9.88 Å². The minimum absolute atomic E-state index is 0.0123. The Morgan fingerprint density at radius 1 is 1.20 bits per heavy atom. The molecule has 2 aromatic rings. The zero-order chi connectivity index (χ0) is 25.7. The number of nitriles is 2. The van der Waals surface area contributed by atoms with Crippen LogP contribution in [-0.4, -0.2) is 70.8 Å². The molecule has 35 heavy (non-hydrogen) atoms. The third-order valence-electron chi connectivity index (χ3n) is 5.76. The summed E-state index contributed by atoms with van der Waals surface area (Å²) < 4.78 is 0. The van der Waals surface area contributed by atoms with Crippen LogP contribution in [0.4, 0.5) is 5.82 Å². The zero-order valence-electron chi connectivity index (χ0n) is 19.4. The Morgan fingerprint density at radius 3 is 2.31 bits per heavy atom. The molecule has 182 valence electrons. The first kappa shape index (κ1) is 26.0. The third-order valence-corrected chi connectivity index (χ3v) is 7.02. The molecule has 1 aliphatic heterocycles. The fraction of sp³-hybridized carbons (Fsp3) is 0.375. The van der Waals surface area contributed by atoms with Gasteiger partial charge < -0.3 is 25.7 Å². The van der Waals surface area contributed by atoms with Gasteiger partial charge in [0, 0.05) is 20.1 Å². The summed E-state index contributed by atoms with van der Waals surface area (Å²) in [7, 11) is 1.59. The van der Waals surface area contributed by atoms with Gasteiger partial charge >= 0.3 is 0 Å². The van der Waals surface area contributed by atoms with Gasteiger partial charge in [0.25, 0.3) is 0 Å². The molecule has 0 spiro atoms. The quantitative estimate of drug-likeness (QED) is 0.448. The topological polar surface area (TPSA) is 168 Å². The SMILES string of the molecule is CCc1c(C#N)c(SC(C(N)=O)c2ccccc2)nc(N(C)CC(=O)N2CC(O)C(O)C2)c1C#N. The van der Waals surface area contributed by atoms with Crippen molar-refractivity contribution >= 4 is 29.4 Å². The van der Waals surface area contributed by atoms with Gasteiger partial charge in [-0.15, -0.1) is 0 Å². The van der Waals surface area contributed by atoms with Crippen molar-refractivity contribution in [3.8, 4) is 12.1 Å². The van der Waals surface area contributed by atoms with Crippen LogP contribution >= 0.6 is 11.8 Å². The number of aromatic nitrogens is 1. The zero-order valence-corrected chi connectivity index (χ0v) is 20.2. The fourth-order valence-corrected chi connectivity index (χ4v) is 4.98. The van der Waals surface area contributed by atoms with Crippen molar-refractivity contribution < 1.29 is 19.8 Å². The average molecular weight is 495 g/mol.